The Labute approximate surface area is 162 Å². The lowest BCUT2D eigenvalue weighted by molar-refractivity contribution is -0.382. The van der Waals surface area contributed by atoms with Gasteiger partial charge in [-0.15, -0.1) is 0 Å². The molecule has 27 heavy (non-hydrogen) atoms. The van der Waals surface area contributed by atoms with Crippen LogP contribution in [0.4, 0.5) is 0 Å². The highest BCUT2D eigenvalue weighted by atomic mass is 28.4. The van der Waals surface area contributed by atoms with Crippen LogP contribution < -0.4 is 0 Å². The SMILES string of the molecule is COC1(O[Si](C)(C)C)OC(c2ccccc2)=C(c2ccccc2)OC1(C)C. The molecule has 5 heteroatoms. The van der Waals surface area contributed by atoms with Crippen LogP contribution in [0.5, 0.6) is 0 Å². The molecule has 4 nitrogen and oxygen atoms in total. The minimum absolute atomic E-state index is 0.612. The van der Waals surface area contributed by atoms with Crippen molar-refractivity contribution in [3.63, 3.8) is 0 Å². The summed E-state index contributed by atoms with van der Waals surface area (Å²) < 4.78 is 25.3. The highest BCUT2D eigenvalue weighted by Crippen LogP contribution is 2.47. The Hall–Kier alpha value is -2.08. The van der Waals surface area contributed by atoms with E-state index in [1.54, 1.807) is 7.11 Å². The van der Waals surface area contributed by atoms with Crippen LogP contribution in [0.2, 0.25) is 19.6 Å². The molecular weight excluding hydrogens is 356 g/mol. The van der Waals surface area contributed by atoms with Gasteiger partial charge in [-0.2, -0.15) is 0 Å². The maximum atomic E-state index is 6.51. The lowest BCUT2D eigenvalue weighted by Crippen LogP contribution is -2.62. The Bertz CT molecular complexity index is 809. The molecule has 1 aliphatic heterocycles. The van der Waals surface area contributed by atoms with E-state index in [9.17, 15) is 0 Å². The average molecular weight is 385 g/mol. The van der Waals surface area contributed by atoms with E-state index in [0.717, 1.165) is 11.1 Å². The van der Waals surface area contributed by atoms with Crippen LogP contribution in [0.15, 0.2) is 60.7 Å². The summed E-state index contributed by atoms with van der Waals surface area (Å²) in [5, 5.41) is 0. The van der Waals surface area contributed by atoms with Crippen LogP contribution >= 0.6 is 0 Å². The van der Waals surface area contributed by atoms with Gasteiger partial charge in [-0.3, -0.25) is 0 Å². The Kier molecular flexibility index (Phi) is 5.21. The molecule has 0 saturated heterocycles. The van der Waals surface area contributed by atoms with Crippen LogP contribution in [0.25, 0.3) is 11.5 Å². The maximum absolute atomic E-state index is 6.51. The monoisotopic (exact) mass is 384 g/mol. The summed E-state index contributed by atoms with van der Waals surface area (Å²) in [6.45, 7) is 10.2. The Balaban J connectivity index is 2.19. The summed E-state index contributed by atoms with van der Waals surface area (Å²) in [6.07, 6.45) is 0. The van der Waals surface area contributed by atoms with Crippen molar-refractivity contribution in [3.8, 4) is 0 Å². The molecule has 0 aromatic heterocycles. The van der Waals surface area contributed by atoms with E-state index in [0.29, 0.717) is 11.5 Å². The van der Waals surface area contributed by atoms with Crippen molar-refractivity contribution in [2.45, 2.75) is 45.1 Å². The van der Waals surface area contributed by atoms with Gasteiger partial charge in [-0.05, 0) is 33.5 Å². The first-order chi connectivity index (χ1) is 12.7. The van der Waals surface area contributed by atoms with E-state index in [2.05, 4.69) is 19.6 Å². The second-order valence-corrected chi connectivity index (χ2v) is 12.5. The van der Waals surface area contributed by atoms with Gasteiger partial charge in [-0.25, -0.2) is 0 Å². The van der Waals surface area contributed by atoms with Gasteiger partial charge in [0.15, 0.2) is 25.4 Å². The third-order valence-corrected chi connectivity index (χ3v) is 5.20. The van der Waals surface area contributed by atoms with Gasteiger partial charge in [0.1, 0.15) is 0 Å². The molecule has 0 aliphatic carbocycles. The Morgan fingerprint density at radius 3 is 1.59 bits per heavy atom. The van der Waals surface area contributed by atoms with E-state index in [1.165, 1.54) is 0 Å². The first-order valence-electron chi connectivity index (χ1n) is 9.16. The zero-order valence-electron chi connectivity index (χ0n) is 16.9. The molecule has 0 spiro atoms. The van der Waals surface area contributed by atoms with Gasteiger partial charge in [-0.1, -0.05) is 60.7 Å². The molecule has 0 radical (unpaired) electrons. The van der Waals surface area contributed by atoms with Crippen molar-refractivity contribution >= 4 is 19.8 Å². The van der Waals surface area contributed by atoms with E-state index in [-0.39, 0.29) is 0 Å². The number of rotatable bonds is 5. The lowest BCUT2D eigenvalue weighted by atomic mass is 10.0. The van der Waals surface area contributed by atoms with Gasteiger partial charge >= 0.3 is 5.97 Å². The quantitative estimate of drug-likeness (QED) is 0.504. The summed E-state index contributed by atoms with van der Waals surface area (Å²) in [6, 6.07) is 19.9. The number of hydrogen-bond donors (Lipinski definition) is 0. The zero-order valence-corrected chi connectivity index (χ0v) is 17.9. The molecule has 2 aromatic carbocycles. The summed E-state index contributed by atoms with van der Waals surface area (Å²) >= 11 is 0. The molecule has 0 N–H and O–H groups in total. The van der Waals surface area contributed by atoms with Crippen LogP contribution in [-0.2, 0) is 18.6 Å². The van der Waals surface area contributed by atoms with E-state index in [1.807, 2.05) is 74.5 Å². The zero-order chi connectivity index (χ0) is 19.7. The van der Waals surface area contributed by atoms with Crippen molar-refractivity contribution in [2.75, 3.05) is 7.11 Å². The molecular formula is C22H28O4Si. The summed E-state index contributed by atoms with van der Waals surface area (Å²) in [7, 11) is -0.413. The molecule has 144 valence electrons. The fraction of sp³-hybridized carbons (Fsp3) is 0.364. The molecule has 0 fully saturated rings. The van der Waals surface area contributed by atoms with Crippen molar-refractivity contribution < 1.29 is 18.6 Å². The number of hydrogen-bond acceptors (Lipinski definition) is 4. The van der Waals surface area contributed by atoms with Gasteiger partial charge in [0, 0.05) is 18.2 Å². The van der Waals surface area contributed by atoms with Crippen LogP contribution in [0.1, 0.15) is 25.0 Å². The molecule has 3 rings (SSSR count). The molecule has 2 aromatic rings. The molecule has 0 amide bonds. The standard InChI is InChI=1S/C22H28O4Si/c1-21(2)22(23-3,26-27(4,5)6)25-20(18-15-11-8-12-16-18)19(24-21)17-13-9-7-10-14-17/h7-16H,1-6H3. The second-order valence-electron chi connectivity index (χ2n) is 8.08. The van der Waals surface area contributed by atoms with Gasteiger partial charge in [0.05, 0.1) is 0 Å². The number of benzene rings is 2. The minimum atomic E-state index is -2.01. The average Bonchev–Trinajstić information content (AvgIpc) is 2.63. The van der Waals surface area contributed by atoms with Gasteiger partial charge in [0.25, 0.3) is 0 Å². The highest BCUT2D eigenvalue weighted by molar-refractivity contribution is 6.69. The summed E-state index contributed by atoms with van der Waals surface area (Å²) in [5.74, 6) is -0.0409. The lowest BCUT2D eigenvalue weighted by Gasteiger charge is -2.50. The predicted molar refractivity (Wildman–Crippen MR) is 110 cm³/mol. The smallest absolute Gasteiger partial charge is 0.359 e. The Morgan fingerprint density at radius 1 is 0.741 bits per heavy atom. The predicted octanol–water partition coefficient (Wildman–Crippen LogP) is 5.49. The topological polar surface area (TPSA) is 36.9 Å². The molecule has 1 heterocycles. The van der Waals surface area contributed by atoms with Crippen LogP contribution in [0.3, 0.4) is 0 Å². The largest absolute Gasteiger partial charge is 0.473 e. The van der Waals surface area contributed by atoms with E-state index < -0.39 is 19.9 Å². The first-order valence-corrected chi connectivity index (χ1v) is 12.6. The van der Waals surface area contributed by atoms with E-state index >= 15 is 0 Å². The maximum Gasteiger partial charge on any atom is 0.359 e. The van der Waals surface area contributed by atoms with Crippen molar-refractivity contribution in [3.05, 3.63) is 71.8 Å². The molecule has 1 unspecified atom stereocenters. The molecule has 1 aliphatic rings. The molecule has 1 atom stereocenters. The third kappa shape index (κ3) is 3.95. The van der Waals surface area contributed by atoms with Gasteiger partial charge < -0.3 is 18.6 Å². The fourth-order valence-corrected chi connectivity index (χ4v) is 4.28. The van der Waals surface area contributed by atoms with Crippen LogP contribution in [0, 0.1) is 0 Å². The second kappa shape index (κ2) is 7.15. The van der Waals surface area contributed by atoms with Crippen molar-refractivity contribution in [1.82, 2.24) is 0 Å². The van der Waals surface area contributed by atoms with Crippen molar-refractivity contribution in [1.29, 1.82) is 0 Å². The normalized spacial score (nSPS) is 22.1. The Morgan fingerprint density at radius 2 is 1.19 bits per heavy atom. The first kappa shape index (κ1) is 19.7. The number of methoxy groups -OCH3 is 1. The fourth-order valence-electron chi connectivity index (χ4n) is 3.10. The highest BCUT2D eigenvalue weighted by Gasteiger charge is 2.58. The van der Waals surface area contributed by atoms with Crippen LogP contribution in [-0.4, -0.2) is 27.0 Å². The molecule has 0 saturated carbocycles. The minimum Gasteiger partial charge on any atom is -0.473 e. The number of ether oxygens (including phenoxy) is 3. The summed E-state index contributed by atoms with van der Waals surface area (Å²) in [4.78, 5) is 0. The summed E-state index contributed by atoms with van der Waals surface area (Å²) in [5.41, 5.74) is 1.00. The molecule has 0 bridgehead atoms. The van der Waals surface area contributed by atoms with Gasteiger partial charge in [0.2, 0.25) is 0 Å². The van der Waals surface area contributed by atoms with E-state index in [4.69, 9.17) is 18.6 Å². The third-order valence-electron chi connectivity index (χ3n) is 4.32. The van der Waals surface area contributed by atoms with Crippen molar-refractivity contribution in [2.24, 2.45) is 0 Å².